The number of aliphatic hydroxyl groups is 1. The second-order valence-corrected chi connectivity index (χ2v) is 9.56. The Morgan fingerprint density at radius 2 is 1.89 bits per heavy atom. The molecule has 0 bridgehead atoms. The molecule has 1 aliphatic carbocycles. The standard InChI is InChI=1S/C25H30N2O10/c1-11-14(34-23-17(29)19(36-24(26)32)20(33-4)25(2,3)37-23)10-9-13-16(28)15(22(31)35-18(11)13)27-21(30)12-7-5-6-8-12/h5-6,9-10,12,17,19-20,23,28-29H,7-8H2,1-4H3,(H2,26,32)(H,27,30)/t17-,19+,20-,23-/m1/s1. The van der Waals surface area contributed by atoms with Gasteiger partial charge in [0.2, 0.25) is 12.2 Å². The number of benzene rings is 1. The van der Waals surface area contributed by atoms with Crippen LogP contribution in [0.3, 0.4) is 0 Å². The summed E-state index contributed by atoms with van der Waals surface area (Å²) in [5, 5.41) is 24.3. The Balaban J connectivity index is 1.64. The maximum atomic E-state index is 12.7. The summed E-state index contributed by atoms with van der Waals surface area (Å²) in [4.78, 5) is 36.6. The van der Waals surface area contributed by atoms with Crippen LogP contribution >= 0.6 is 0 Å². The van der Waals surface area contributed by atoms with Crippen molar-refractivity contribution in [3.05, 3.63) is 40.3 Å². The molecule has 1 fully saturated rings. The maximum Gasteiger partial charge on any atom is 0.404 e. The third-order valence-corrected chi connectivity index (χ3v) is 6.64. The van der Waals surface area contributed by atoms with Gasteiger partial charge in [0, 0.05) is 18.6 Å². The molecule has 0 unspecified atom stereocenters. The number of nitrogens with two attached hydrogens (primary N) is 1. The summed E-state index contributed by atoms with van der Waals surface area (Å²) in [6, 6.07) is 2.93. The van der Waals surface area contributed by atoms with Gasteiger partial charge in [-0.25, -0.2) is 9.59 Å². The molecule has 1 saturated heterocycles. The lowest BCUT2D eigenvalue weighted by molar-refractivity contribution is -0.304. The van der Waals surface area contributed by atoms with E-state index in [-0.39, 0.29) is 28.3 Å². The van der Waals surface area contributed by atoms with Crippen LogP contribution in [0.15, 0.2) is 33.5 Å². The Morgan fingerprint density at radius 3 is 2.51 bits per heavy atom. The normalized spacial score (nSPS) is 25.2. The molecular weight excluding hydrogens is 488 g/mol. The van der Waals surface area contributed by atoms with Gasteiger partial charge in [-0.3, -0.25) is 4.79 Å². The van der Waals surface area contributed by atoms with Crippen molar-refractivity contribution in [2.75, 3.05) is 12.4 Å². The van der Waals surface area contributed by atoms with E-state index >= 15 is 0 Å². The summed E-state index contributed by atoms with van der Waals surface area (Å²) in [6.07, 6.45) is -1.09. The number of aromatic hydroxyl groups is 1. The summed E-state index contributed by atoms with van der Waals surface area (Å²) in [6.45, 7) is 4.92. The van der Waals surface area contributed by atoms with Crippen LogP contribution in [-0.4, -0.2) is 59.5 Å². The van der Waals surface area contributed by atoms with E-state index in [0.717, 1.165) is 0 Å². The SMILES string of the molecule is CO[C@@H]1[C@@H](OC(N)=O)[C@@H](O)[C@H](Oc2ccc3c(O)c(NC(=O)C4CC=CC4)c(=O)oc3c2C)OC1(C)C. The predicted octanol–water partition coefficient (Wildman–Crippen LogP) is 2.07. The number of fused-ring (bicyclic) bond motifs is 1. The molecule has 2 aliphatic rings. The van der Waals surface area contributed by atoms with E-state index in [4.69, 9.17) is 29.1 Å². The molecule has 200 valence electrons. The van der Waals surface area contributed by atoms with Crippen LogP contribution in [-0.2, 0) is 19.0 Å². The van der Waals surface area contributed by atoms with E-state index in [1.54, 1.807) is 20.8 Å². The number of primary amides is 1. The topological polar surface area (TPSA) is 180 Å². The minimum absolute atomic E-state index is 0.0183. The van der Waals surface area contributed by atoms with Gasteiger partial charge in [0.15, 0.2) is 23.6 Å². The number of anilines is 1. The number of ether oxygens (including phenoxy) is 4. The first-order valence-electron chi connectivity index (χ1n) is 11.7. The Bertz CT molecular complexity index is 1290. The van der Waals surface area contributed by atoms with Crippen LogP contribution in [0.1, 0.15) is 32.3 Å². The van der Waals surface area contributed by atoms with Crippen molar-refractivity contribution in [2.24, 2.45) is 11.7 Å². The van der Waals surface area contributed by atoms with Gasteiger partial charge in [-0.1, -0.05) is 12.2 Å². The van der Waals surface area contributed by atoms with E-state index in [2.05, 4.69) is 5.32 Å². The van der Waals surface area contributed by atoms with Crippen molar-refractivity contribution in [1.29, 1.82) is 0 Å². The number of hydrogen-bond donors (Lipinski definition) is 4. The molecule has 12 nitrogen and oxygen atoms in total. The maximum absolute atomic E-state index is 12.7. The smallest absolute Gasteiger partial charge is 0.404 e. The average molecular weight is 519 g/mol. The van der Waals surface area contributed by atoms with Gasteiger partial charge in [-0.2, -0.15) is 0 Å². The highest BCUT2D eigenvalue weighted by molar-refractivity contribution is 5.99. The Kier molecular flexibility index (Phi) is 7.18. The molecule has 2 amide bonds. The zero-order chi connectivity index (χ0) is 27.1. The van der Waals surface area contributed by atoms with Crippen LogP contribution in [0.25, 0.3) is 11.0 Å². The summed E-state index contributed by atoms with van der Waals surface area (Å²) >= 11 is 0. The van der Waals surface area contributed by atoms with E-state index in [9.17, 15) is 24.6 Å². The molecule has 2 heterocycles. The predicted molar refractivity (Wildman–Crippen MR) is 130 cm³/mol. The van der Waals surface area contributed by atoms with Gasteiger partial charge in [-0.15, -0.1) is 0 Å². The number of rotatable bonds is 6. The third kappa shape index (κ3) is 4.99. The van der Waals surface area contributed by atoms with Crippen molar-refractivity contribution in [3.8, 4) is 11.5 Å². The Morgan fingerprint density at radius 1 is 1.22 bits per heavy atom. The molecule has 1 aromatic carbocycles. The number of aliphatic hydroxyl groups excluding tert-OH is 1. The van der Waals surface area contributed by atoms with E-state index < -0.39 is 53.6 Å². The fourth-order valence-corrected chi connectivity index (χ4v) is 4.73. The summed E-state index contributed by atoms with van der Waals surface area (Å²) in [5.74, 6) is -0.986. The van der Waals surface area contributed by atoms with Gasteiger partial charge in [0.25, 0.3) is 0 Å². The van der Waals surface area contributed by atoms with Gasteiger partial charge < -0.3 is 44.6 Å². The summed E-state index contributed by atoms with van der Waals surface area (Å²) in [7, 11) is 1.38. The zero-order valence-electron chi connectivity index (χ0n) is 20.8. The zero-order valence-corrected chi connectivity index (χ0v) is 20.8. The van der Waals surface area contributed by atoms with Crippen LogP contribution in [0.2, 0.25) is 0 Å². The summed E-state index contributed by atoms with van der Waals surface area (Å²) in [5.41, 5.74) is 3.18. The van der Waals surface area contributed by atoms with Gasteiger partial charge in [0.05, 0.1) is 11.0 Å². The lowest BCUT2D eigenvalue weighted by atomic mass is 9.89. The van der Waals surface area contributed by atoms with Crippen molar-refractivity contribution >= 4 is 28.7 Å². The number of nitrogens with one attached hydrogen (secondary N) is 1. The molecule has 37 heavy (non-hydrogen) atoms. The monoisotopic (exact) mass is 518 g/mol. The molecule has 1 aliphatic heterocycles. The molecule has 2 aromatic rings. The molecule has 12 heteroatoms. The van der Waals surface area contributed by atoms with Gasteiger partial charge >= 0.3 is 11.7 Å². The first kappa shape index (κ1) is 26.5. The van der Waals surface area contributed by atoms with Crippen LogP contribution in [0.5, 0.6) is 11.5 Å². The highest BCUT2D eigenvalue weighted by atomic mass is 16.7. The number of aryl methyl sites for hydroxylation is 1. The quantitative estimate of drug-likeness (QED) is 0.326. The molecule has 0 spiro atoms. The van der Waals surface area contributed by atoms with Crippen molar-refractivity contribution < 1.29 is 43.2 Å². The highest BCUT2D eigenvalue weighted by Gasteiger charge is 2.53. The van der Waals surface area contributed by atoms with Crippen LogP contribution < -0.4 is 21.4 Å². The number of methoxy groups -OCH3 is 1. The second kappa shape index (κ2) is 10.0. The molecule has 0 saturated carbocycles. The van der Waals surface area contributed by atoms with E-state index in [0.29, 0.717) is 18.4 Å². The largest absolute Gasteiger partial charge is 0.505 e. The Labute approximate surface area is 211 Å². The number of hydrogen-bond acceptors (Lipinski definition) is 10. The lowest BCUT2D eigenvalue weighted by Gasteiger charge is -2.47. The third-order valence-electron chi connectivity index (χ3n) is 6.64. The Hall–Kier alpha value is -3.61. The fourth-order valence-electron chi connectivity index (χ4n) is 4.73. The van der Waals surface area contributed by atoms with Crippen LogP contribution in [0.4, 0.5) is 10.5 Å². The second-order valence-electron chi connectivity index (χ2n) is 9.56. The average Bonchev–Trinajstić information content (AvgIpc) is 3.36. The van der Waals surface area contributed by atoms with E-state index in [1.165, 1.54) is 19.2 Å². The lowest BCUT2D eigenvalue weighted by Crippen LogP contribution is -2.65. The minimum Gasteiger partial charge on any atom is -0.505 e. The molecular formula is C25H30N2O10. The van der Waals surface area contributed by atoms with Gasteiger partial charge in [0.1, 0.15) is 17.4 Å². The molecule has 5 N–H and O–H groups in total. The highest BCUT2D eigenvalue weighted by Crippen LogP contribution is 2.38. The van der Waals surface area contributed by atoms with Crippen LogP contribution in [0, 0.1) is 12.8 Å². The fraction of sp³-hybridized carbons (Fsp3) is 0.480. The molecule has 4 rings (SSSR count). The number of amides is 2. The van der Waals surface area contributed by atoms with Crippen molar-refractivity contribution in [3.63, 3.8) is 0 Å². The molecule has 4 atom stereocenters. The number of allylic oxidation sites excluding steroid dienone is 2. The first-order chi connectivity index (χ1) is 17.4. The molecule has 1 aromatic heterocycles. The van der Waals surface area contributed by atoms with Gasteiger partial charge in [-0.05, 0) is 45.7 Å². The minimum atomic E-state index is -1.48. The molecule has 0 radical (unpaired) electrons. The summed E-state index contributed by atoms with van der Waals surface area (Å²) < 4.78 is 27.7. The van der Waals surface area contributed by atoms with Crippen molar-refractivity contribution in [2.45, 2.75) is 63.8 Å². The first-order valence-corrected chi connectivity index (χ1v) is 11.7. The van der Waals surface area contributed by atoms with E-state index in [1.807, 2.05) is 12.2 Å². The number of carbonyl (C=O) groups is 2. The number of carbonyl (C=O) groups excluding carboxylic acids is 2. The van der Waals surface area contributed by atoms with Crippen molar-refractivity contribution in [1.82, 2.24) is 0 Å².